The largest absolute Gasteiger partial charge is 0.478 e. The molecule has 4 nitrogen and oxygen atoms in total. The van der Waals surface area contributed by atoms with Crippen LogP contribution in [0.15, 0.2) is 29.6 Å². The van der Waals surface area contributed by atoms with Gasteiger partial charge in [-0.3, -0.25) is 0 Å². The summed E-state index contributed by atoms with van der Waals surface area (Å²) in [5.74, 6) is -0.923. The third-order valence-electron chi connectivity index (χ3n) is 2.95. The topological polar surface area (TPSA) is 59.4 Å². The minimum absolute atomic E-state index is 0.277. The molecule has 0 saturated heterocycles. The van der Waals surface area contributed by atoms with E-state index in [-0.39, 0.29) is 5.56 Å². The average Bonchev–Trinajstić information content (AvgIpc) is 2.89. The van der Waals surface area contributed by atoms with Crippen LogP contribution in [0, 0.1) is 0 Å². The van der Waals surface area contributed by atoms with E-state index in [0.717, 1.165) is 16.3 Å². The Hall–Kier alpha value is -1.72. The van der Waals surface area contributed by atoms with E-state index in [4.69, 9.17) is 9.84 Å². The number of aromatic nitrogens is 1. The van der Waals surface area contributed by atoms with E-state index in [1.807, 2.05) is 26.2 Å². The normalized spacial score (nSPS) is 11.6. The molecule has 0 unspecified atom stereocenters. The van der Waals surface area contributed by atoms with Crippen LogP contribution in [-0.4, -0.2) is 22.7 Å². The number of carbonyl (C=O) groups is 1. The highest BCUT2D eigenvalue weighted by atomic mass is 32.1. The summed E-state index contributed by atoms with van der Waals surface area (Å²) in [6.45, 7) is 6.58. The number of hydrogen-bond donors (Lipinski definition) is 1. The van der Waals surface area contributed by atoms with Crippen molar-refractivity contribution >= 4 is 17.3 Å². The van der Waals surface area contributed by atoms with Crippen molar-refractivity contribution in [3.05, 3.63) is 40.2 Å². The zero-order valence-electron chi connectivity index (χ0n) is 11.7. The molecule has 1 aromatic heterocycles. The van der Waals surface area contributed by atoms with Crippen LogP contribution in [-0.2, 0) is 10.3 Å². The van der Waals surface area contributed by atoms with Gasteiger partial charge in [0.1, 0.15) is 10.6 Å². The van der Waals surface area contributed by atoms with Crippen molar-refractivity contribution < 1.29 is 14.6 Å². The summed E-state index contributed by atoms with van der Waals surface area (Å²) < 4.78 is 5.69. The number of hydrogen-bond acceptors (Lipinski definition) is 4. The molecule has 1 aromatic carbocycles. The minimum atomic E-state index is -0.923. The first-order valence-corrected chi connectivity index (χ1v) is 7.25. The van der Waals surface area contributed by atoms with E-state index in [1.165, 1.54) is 0 Å². The fraction of sp³-hybridized carbons (Fsp3) is 0.333. The Balaban J connectivity index is 2.26. The average molecular weight is 291 g/mol. The smallest absolute Gasteiger partial charge is 0.335 e. The first-order chi connectivity index (χ1) is 9.44. The Morgan fingerprint density at radius 3 is 2.55 bits per heavy atom. The van der Waals surface area contributed by atoms with Crippen LogP contribution in [0.4, 0.5) is 0 Å². The lowest BCUT2D eigenvalue weighted by molar-refractivity contribution is -0.0141. The minimum Gasteiger partial charge on any atom is -0.478 e. The SMILES string of the molecule is CCOC(C)(C)c1nc(-c2ccc(C(=O)O)cc2)cs1. The number of carboxylic acid groups (broad SMARTS) is 1. The quantitative estimate of drug-likeness (QED) is 0.910. The van der Waals surface area contributed by atoms with Crippen molar-refractivity contribution in [3.8, 4) is 11.3 Å². The van der Waals surface area contributed by atoms with E-state index in [9.17, 15) is 4.79 Å². The number of thiazole rings is 1. The van der Waals surface area contributed by atoms with Crippen LogP contribution >= 0.6 is 11.3 Å². The van der Waals surface area contributed by atoms with E-state index < -0.39 is 11.6 Å². The third kappa shape index (κ3) is 3.05. The van der Waals surface area contributed by atoms with Crippen LogP contribution in [0.1, 0.15) is 36.1 Å². The molecule has 0 aliphatic carbocycles. The number of rotatable bonds is 5. The highest BCUT2D eigenvalue weighted by Crippen LogP contribution is 2.31. The predicted molar refractivity (Wildman–Crippen MR) is 79.2 cm³/mol. The van der Waals surface area contributed by atoms with E-state index >= 15 is 0 Å². The number of ether oxygens (including phenoxy) is 1. The zero-order chi connectivity index (χ0) is 14.8. The second-order valence-electron chi connectivity index (χ2n) is 4.86. The first-order valence-electron chi connectivity index (χ1n) is 6.37. The molecular formula is C15H17NO3S. The van der Waals surface area contributed by atoms with Crippen molar-refractivity contribution in [1.29, 1.82) is 0 Å². The highest BCUT2D eigenvalue weighted by Gasteiger charge is 2.24. The Bertz CT molecular complexity index is 602. The lowest BCUT2D eigenvalue weighted by Gasteiger charge is -2.21. The molecule has 5 heteroatoms. The van der Waals surface area contributed by atoms with Gasteiger partial charge in [0, 0.05) is 17.6 Å². The molecule has 20 heavy (non-hydrogen) atoms. The predicted octanol–water partition coefficient (Wildman–Crippen LogP) is 3.78. The van der Waals surface area contributed by atoms with E-state index in [1.54, 1.807) is 35.6 Å². The lowest BCUT2D eigenvalue weighted by Crippen LogP contribution is -2.21. The molecule has 1 heterocycles. The van der Waals surface area contributed by atoms with Crippen molar-refractivity contribution in [3.63, 3.8) is 0 Å². The fourth-order valence-corrected chi connectivity index (χ4v) is 2.79. The van der Waals surface area contributed by atoms with Crippen LogP contribution in [0.5, 0.6) is 0 Å². The molecule has 0 radical (unpaired) electrons. The van der Waals surface area contributed by atoms with Gasteiger partial charge >= 0.3 is 5.97 Å². The maximum atomic E-state index is 10.8. The van der Waals surface area contributed by atoms with Gasteiger partial charge in [0.05, 0.1) is 11.3 Å². The van der Waals surface area contributed by atoms with Gasteiger partial charge < -0.3 is 9.84 Å². The molecule has 0 fully saturated rings. The number of benzene rings is 1. The van der Waals surface area contributed by atoms with Crippen molar-refractivity contribution in [1.82, 2.24) is 4.98 Å². The van der Waals surface area contributed by atoms with Gasteiger partial charge in [-0.2, -0.15) is 0 Å². The van der Waals surface area contributed by atoms with Crippen molar-refractivity contribution in [2.45, 2.75) is 26.4 Å². The first kappa shape index (κ1) is 14.7. The van der Waals surface area contributed by atoms with Gasteiger partial charge in [-0.1, -0.05) is 12.1 Å². The van der Waals surface area contributed by atoms with Gasteiger partial charge in [-0.05, 0) is 32.9 Å². The van der Waals surface area contributed by atoms with Gasteiger partial charge in [0.25, 0.3) is 0 Å². The number of nitrogens with zero attached hydrogens (tertiary/aromatic N) is 1. The summed E-state index contributed by atoms with van der Waals surface area (Å²) in [4.78, 5) is 15.4. The molecule has 0 amide bonds. The lowest BCUT2D eigenvalue weighted by atomic mass is 10.1. The third-order valence-corrected chi connectivity index (χ3v) is 4.10. The van der Waals surface area contributed by atoms with Gasteiger partial charge in [0.15, 0.2) is 0 Å². The van der Waals surface area contributed by atoms with Crippen LogP contribution in [0.25, 0.3) is 11.3 Å². The maximum absolute atomic E-state index is 10.8. The Labute approximate surface area is 122 Å². The number of aromatic carboxylic acids is 1. The van der Waals surface area contributed by atoms with Crippen LogP contribution in [0.3, 0.4) is 0 Å². The standard InChI is InChI=1S/C15H17NO3S/c1-4-19-15(2,3)14-16-12(9-20-14)10-5-7-11(8-6-10)13(17)18/h5-9H,4H2,1-3H3,(H,17,18). The second kappa shape index (κ2) is 5.73. The van der Waals surface area contributed by atoms with E-state index in [0.29, 0.717) is 6.61 Å². The monoisotopic (exact) mass is 291 g/mol. The van der Waals surface area contributed by atoms with Crippen LogP contribution < -0.4 is 0 Å². The highest BCUT2D eigenvalue weighted by molar-refractivity contribution is 7.10. The summed E-state index contributed by atoms with van der Waals surface area (Å²) in [7, 11) is 0. The molecule has 2 aromatic rings. The molecule has 0 bridgehead atoms. The molecule has 0 saturated carbocycles. The molecule has 0 spiro atoms. The molecule has 0 aliphatic heterocycles. The molecule has 0 aliphatic rings. The molecule has 2 rings (SSSR count). The maximum Gasteiger partial charge on any atom is 0.335 e. The number of carboxylic acids is 1. The van der Waals surface area contributed by atoms with E-state index in [2.05, 4.69) is 4.98 Å². The Kier molecular flexibility index (Phi) is 4.20. The van der Waals surface area contributed by atoms with Gasteiger partial charge in [0.2, 0.25) is 0 Å². The second-order valence-corrected chi connectivity index (χ2v) is 5.72. The zero-order valence-corrected chi connectivity index (χ0v) is 12.5. The Morgan fingerprint density at radius 1 is 1.35 bits per heavy atom. The van der Waals surface area contributed by atoms with Crippen molar-refractivity contribution in [2.75, 3.05) is 6.61 Å². The molecular weight excluding hydrogens is 274 g/mol. The molecule has 106 valence electrons. The van der Waals surface area contributed by atoms with Crippen LogP contribution in [0.2, 0.25) is 0 Å². The summed E-state index contributed by atoms with van der Waals surface area (Å²) in [6.07, 6.45) is 0. The summed E-state index contributed by atoms with van der Waals surface area (Å²) in [5, 5.41) is 11.8. The summed E-state index contributed by atoms with van der Waals surface area (Å²) >= 11 is 1.55. The van der Waals surface area contributed by atoms with Crippen molar-refractivity contribution in [2.24, 2.45) is 0 Å². The fourth-order valence-electron chi connectivity index (χ4n) is 1.89. The summed E-state index contributed by atoms with van der Waals surface area (Å²) in [5.41, 5.74) is 1.62. The van der Waals surface area contributed by atoms with Gasteiger partial charge in [-0.25, -0.2) is 9.78 Å². The Morgan fingerprint density at radius 2 is 2.00 bits per heavy atom. The molecule has 1 N–H and O–H groups in total. The van der Waals surface area contributed by atoms with Gasteiger partial charge in [-0.15, -0.1) is 11.3 Å². The molecule has 0 atom stereocenters. The summed E-state index contributed by atoms with van der Waals surface area (Å²) in [6, 6.07) is 6.72.